The molecule has 416 valence electrons. The molecule has 4 aromatic heterocycles. The van der Waals surface area contributed by atoms with Crippen LogP contribution >= 0.6 is 45.9 Å². The van der Waals surface area contributed by atoms with Crippen molar-refractivity contribution in [3.63, 3.8) is 0 Å². The number of piperazine rings is 2. The molecule has 30 heteroatoms. The molecular formula is C48H54Cl2F4N16O6S2. The van der Waals surface area contributed by atoms with Gasteiger partial charge in [0.1, 0.15) is 32.4 Å². The lowest BCUT2D eigenvalue weighted by Crippen LogP contribution is -2.44. The fraction of sp³-hybridized carbons (Fsp3) is 0.417. The van der Waals surface area contributed by atoms with Crippen molar-refractivity contribution in [2.75, 3.05) is 125 Å². The Morgan fingerprint density at radius 3 is 1.58 bits per heavy atom. The Morgan fingerprint density at radius 2 is 1.06 bits per heavy atom. The number of halogens is 6. The number of carbonyl (C=O) groups is 2. The van der Waals surface area contributed by atoms with Gasteiger partial charge in [0.25, 0.3) is 11.8 Å². The van der Waals surface area contributed by atoms with Gasteiger partial charge >= 0.3 is 12.6 Å². The quantitative estimate of drug-likeness (QED) is 0.0186. The van der Waals surface area contributed by atoms with Crippen LogP contribution in [-0.2, 0) is 13.1 Å². The smallest absolute Gasteiger partial charge is 0.395 e. The number of anilines is 6. The number of carbonyl (C=O) groups excluding carboxylic acids is 2. The van der Waals surface area contributed by atoms with Crippen LogP contribution in [0.25, 0.3) is 0 Å². The first-order chi connectivity index (χ1) is 37.5. The molecule has 6 N–H and O–H groups in total. The van der Waals surface area contributed by atoms with E-state index in [0.717, 1.165) is 108 Å². The minimum absolute atomic E-state index is 0.106. The Balaban J connectivity index is 0.000000190. The molecule has 2 saturated heterocycles. The Hall–Kier alpha value is -6.66. The molecular weight excluding hydrogens is 1110 g/mol. The molecule has 0 aliphatic carbocycles. The lowest BCUT2D eigenvalue weighted by Gasteiger charge is -2.32. The van der Waals surface area contributed by atoms with Crippen LogP contribution < -0.4 is 50.8 Å². The molecule has 0 spiro atoms. The van der Waals surface area contributed by atoms with Gasteiger partial charge in [-0.05, 0) is 82.0 Å². The fourth-order valence-electron chi connectivity index (χ4n) is 8.29. The van der Waals surface area contributed by atoms with Crippen molar-refractivity contribution in [3.8, 4) is 23.0 Å². The summed E-state index contributed by atoms with van der Waals surface area (Å²) in [4.78, 5) is 61.6. The SMILES string of the molecule is CN1CCN(CCCNc2cc(CNc3ncsc3C(=O)Nc3ccc4c(c3)OC(F)(F)O4)nc(Cl)n2)CC1.CN1CCN(CCCNc2nc(Cl)cc(CNc3ncsc3C(=O)Nc3ccc4c(c3)OC(F)(F)O4)n2)CC1. The average Bonchev–Trinajstić information content (AvgIpc) is 4.27. The van der Waals surface area contributed by atoms with E-state index in [2.05, 4.69) is 114 Å². The van der Waals surface area contributed by atoms with Gasteiger partial charge < -0.3 is 70.4 Å². The van der Waals surface area contributed by atoms with Crippen molar-refractivity contribution in [2.45, 2.75) is 38.5 Å². The Bertz CT molecular complexity index is 2840. The molecule has 0 radical (unpaired) electrons. The molecule has 8 heterocycles. The molecule has 78 heavy (non-hydrogen) atoms. The minimum atomic E-state index is -3.73. The van der Waals surface area contributed by atoms with E-state index in [1.807, 2.05) is 0 Å². The summed E-state index contributed by atoms with van der Waals surface area (Å²) in [6.45, 7) is 12.7. The van der Waals surface area contributed by atoms with E-state index in [1.54, 1.807) is 12.1 Å². The molecule has 2 aromatic carbocycles. The van der Waals surface area contributed by atoms with Crippen LogP contribution in [0.3, 0.4) is 0 Å². The molecule has 0 unspecified atom stereocenters. The molecule has 4 aliphatic heterocycles. The highest BCUT2D eigenvalue weighted by Gasteiger charge is 2.44. The predicted molar refractivity (Wildman–Crippen MR) is 288 cm³/mol. The molecule has 0 atom stereocenters. The fourth-order valence-corrected chi connectivity index (χ4v) is 10.0. The van der Waals surface area contributed by atoms with E-state index < -0.39 is 24.4 Å². The average molecular weight is 1160 g/mol. The van der Waals surface area contributed by atoms with Gasteiger partial charge in [0, 0.05) is 95.0 Å². The highest BCUT2D eigenvalue weighted by atomic mass is 35.5. The number of rotatable bonds is 20. The summed E-state index contributed by atoms with van der Waals surface area (Å²) >= 11 is 14.6. The van der Waals surface area contributed by atoms with Crippen molar-refractivity contribution in [2.24, 2.45) is 0 Å². The molecule has 6 aromatic rings. The first kappa shape index (κ1) is 56.1. The van der Waals surface area contributed by atoms with E-state index in [9.17, 15) is 27.2 Å². The zero-order valence-electron chi connectivity index (χ0n) is 42.1. The third-order valence-corrected chi connectivity index (χ3v) is 14.3. The zero-order valence-corrected chi connectivity index (χ0v) is 45.2. The summed E-state index contributed by atoms with van der Waals surface area (Å²) in [5.74, 6) is 0.286. The van der Waals surface area contributed by atoms with Crippen molar-refractivity contribution in [1.82, 2.24) is 49.5 Å². The second-order valence-corrected chi connectivity index (χ2v) is 20.6. The number of alkyl halides is 4. The monoisotopic (exact) mass is 1160 g/mol. The van der Waals surface area contributed by atoms with Crippen LogP contribution in [0.15, 0.2) is 59.6 Å². The number of hydrogen-bond acceptors (Lipinski definition) is 22. The molecule has 0 saturated carbocycles. The first-order valence-electron chi connectivity index (χ1n) is 24.6. The van der Waals surface area contributed by atoms with Gasteiger partial charge in [-0.15, -0.1) is 40.2 Å². The number of nitrogens with zero attached hydrogens (tertiary/aromatic N) is 10. The lowest BCUT2D eigenvalue weighted by molar-refractivity contribution is -0.287. The number of benzene rings is 2. The number of fused-ring (bicyclic) bond motifs is 2. The van der Waals surface area contributed by atoms with Gasteiger partial charge in [-0.25, -0.2) is 29.9 Å². The highest BCUT2D eigenvalue weighted by molar-refractivity contribution is 7.12. The van der Waals surface area contributed by atoms with Crippen molar-refractivity contribution in [1.29, 1.82) is 0 Å². The minimum Gasteiger partial charge on any atom is -0.395 e. The second-order valence-electron chi connectivity index (χ2n) is 18.2. The normalized spacial score (nSPS) is 16.7. The Labute approximate surface area is 463 Å². The lowest BCUT2D eigenvalue weighted by atomic mass is 10.2. The third kappa shape index (κ3) is 15.8. The van der Waals surface area contributed by atoms with Crippen LogP contribution in [0.5, 0.6) is 23.0 Å². The van der Waals surface area contributed by atoms with Crippen molar-refractivity contribution in [3.05, 3.63) is 91.1 Å². The number of hydrogen-bond donors (Lipinski definition) is 6. The molecule has 2 amide bonds. The number of aromatic nitrogens is 6. The Morgan fingerprint density at radius 1 is 0.590 bits per heavy atom. The van der Waals surface area contributed by atoms with E-state index >= 15 is 0 Å². The van der Waals surface area contributed by atoms with Gasteiger partial charge in [-0.1, -0.05) is 11.6 Å². The van der Waals surface area contributed by atoms with Gasteiger partial charge in [-0.3, -0.25) is 9.59 Å². The second kappa shape index (κ2) is 25.4. The van der Waals surface area contributed by atoms with Crippen LogP contribution in [0.2, 0.25) is 10.4 Å². The van der Waals surface area contributed by atoms with Crippen LogP contribution in [0, 0.1) is 0 Å². The first-order valence-corrected chi connectivity index (χ1v) is 27.1. The summed E-state index contributed by atoms with van der Waals surface area (Å²) in [7, 11) is 4.28. The number of nitrogens with one attached hydrogen (secondary N) is 6. The van der Waals surface area contributed by atoms with Crippen LogP contribution in [0.1, 0.15) is 43.6 Å². The maximum Gasteiger partial charge on any atom is 0.586 e. The van der Waals surface area contributed by atoms with Gasteiger partial charge in [0.2, 0.25) is 11.2 Å². The van der Waals surface area contributed by atoms with Crippen LogP contribution in [-0.4, -0.2) is 167 Å². The highest BCUT2D eigenvalue weighted by Crippen LogP contribution is 2.43. The number of amides is 2. The molecule has 4 aliphatic rings. The molecule has 10 rings (SSSR count). The molecule has 0 bridgehead atoms. The Kier molecular flexibility index (Phi) is 18.3. The van der Waals surface area contributed by atoms with Gasteiger partial charge in [0.05, 0.1) is 35.5 Å². The maximum atomic E-state index is 13.3. The maximum absolute atomic E-state index is 13.3. The summed E-state index contributed by atoms with van der Waals surface area (Å²) in [5.41, 5.74) is 4.83. The number of ether oxygens (including phenoxy) is 4. The topological polar surface area (TPSA) is 234 Å². The van der Waals surface area contributed by atoms with E-state index in [-0.39, 0.29) is 52.7 Å². The van der Waals surface area contributed by atoms with Crippen molar-refractivity contribution >= 4 is 92.5 Å². The molecule has 22 nitrogen and oxygen atoms in total. The summed E-state index contributed by atoms with van der Waals surface area (Å²) in [6.07, 6.45) is -5.54. The third-order valence-electron chi connectivity index (χ3n) is 12.3. The van der Waals surface area contributed by atoms with E-state index in [1.165, 1.54) is 47.4 Å². The molecule has 2 fully saturated rings. The summed E-state index contributed by atoms with van der Waals surface area (Å²) < 4.78 is 70.7. The predicted octanol–water partition coefficient (Wildman–Crippen LogP) is 7.64. The van der Waals surface area contributed by atoms with Crippen molar-refractivity contribution < 1.29 is 46.1 Å². The summed E-state index contributed by atoms with van der Waals surface area (Å²) in [5, 5.41) is 18.5. The van der Waals surface area contributed by atoms with Gasteiger partial charge in [0.15, 0.2) is 23.0 Å². The number of likely N-dealkylation sites (N-methyl/N-ethyl adjacent to an activating group) is 2. The van der Waals surface area contributed by atoms with E-state index in [4.69, 9.17) is 23.2 Å². The van der Waals surface area contributed by atoms with Crippen LogP contribution in [0.4, 0.5) is 52.3 Å². The summed E-state index contributed by atoms with van der Waals surface area (Å²) in [6, 6.07) is 11.5. The van der Waals surface area contributed by atoms with Gasteiger partial charge in [-0.2, -0.15) is 0 Å². The zero-order chi connectivity index (χ0) is 54.8. The van der Waals surface area contributed by atoms with E-state index in [0.29, 0.717) is 56.2 Å². The standard InChI is InChI=1S/2C24H27ClF2N8O3S/c1-34-7-9-35(10-8-34)6-2-5-28-19-12-16(32-23(25)33-19)13-29-21-20(39-14-30-21)22(36)31-15-3-4-17-18(11-15)38-24(26,27)37-17;1-34-7-9-35(10-8-34)6-2-5-28-23-32-16(12-19(25)33-23)13-29-21-20(39-14-30-21)22(36)31-15-3-4-17-18(11-15)38-24(26,27)37-17/h2*3-4,11-12,14,29H,2,5-10,13H2,1H3,(H,31,36)(H,28,32,33). The number of thiazole rings is 2. The largest absolute Gasteiger partial charge is 0.586 e.